The highest BCUT2D eigenvalue weighted by Crippen LogP contribution is 2.35. The fraction of sp³-hybridized carbons (Fsp3) is 0.316. The Labute approximate surface area is 168 Å². The molecule has 4 nitrogen and oxygen atoms in total. The highest BCUT2D eigenvalue weighted by atomic mass is 32.2. The van der Waals surface area contributed by atoms with E-state index in [4.69, 9.17) is 0 Å². The summed E-state index contributed by atoms with van der Waals surface area (Å²) in [5.41, 5.74) is -2.73. The maximum absolute atomic E-state index is 13.1. The lowest BCUT2D eigenvalue weighted by Crippen LogP contribution is -2.28. The van der Waals surface area contributed by atoms with Crippen LogP contribution in [0.2, 0.25) is 0 Å². The number of benzene rings is 2. The van der Waals surface area contributed by atoms with Crippen LogP contribution in [-0.4, -0.2) is 14.3 Å². The predicted molar refractivity (Wildman–Crippen MR) is 95.0 cm³/mol. The van der Waals surface area contributed by atoms with Crippen LogP contribution < -0.4 is 5.32 Å². The van der Waals surface area contributed by atoms with Gasteiger partial charge in [0.25, 0.3) is 0 Å². The lowest BCUT2D eigenvalue weighted by Gasteiger charge is -2.16. The van der Waals surface area contributed by atoms with E-state index in [1.807, 2.05) is 0 Å². The topological polar surface area (TPSA) is 63.2 Å². The number of hydrogen-bond acceptors (Lipinski definition) is 3. The van der Waals surface area contributed by atoms with E-state index in [0.29, 0.717) is 24.3 Å². The second-order valence-corrected chi connectivity index (χ2v) is 8.64. The Morgan fingerprint density at radius 3 is 2.03 bits per heavy atom. The van der Waals surface area contributed by atoms with Crippen molar-refractivity contribution in [1.82, 2.24) is 5.32 Å². The van der Waals surface area contributed by atoms with E-state index in [-0.39, 0.29) is 5.56 Å². The van der Waals surface area contributed by atoms with Crippen LogP contribution in [0.25, 0.3) is 0 Å². The zero-order chi connectivity index (χ0) is 22.9. The number of carbonyl (C=O) groups excluding carboxylic acids is 1. The summed E-state index contributed by atoms with van der Waals surface area (Å²) in [5.74, 6) is -0.944. The molecule has 1 amide bonds. The number of nitrogens with one attached hydrogen (secondary N) is 1. The third-order valence-electron chi connectivity index (χ3n) is 4.13. The van der Waals surface area contributed by atoms with Crippen LogP contribution in [0.15, 0.2) is 52.3 Å². The van der Waals surface area contributed by atoms with Gasteiger partial charge in [0.05, 0.1) is 20.9 Å². The number of halogens is 6. The van der Waals surface area contributed by atoms with Crippen molar-refractivity contribution in [1.29, 1.82) is 0 Å². The summed E-state index contributed by atoms with van der Waals surface area (Å²) in [6, 6.07) is 4.59. The molecule has 0 heterocycles. The average molecular weight is 453 g/mol. The third kappa shape index (κ3) is 5.32. The molecule has 2 aromatic rings. The molecule has 0 radical (unpaired) electrons. The molecule has 0 aliphatic heterocycles. The lowest BCUT2D eigenvalue weighted by atomic mass is 10.1. The summed E-state index contributed by atoms with van der Waals surface area (Å²) in [7, 11) is -4.75. The van der Waals surface area contributed by atoms with E-state index >= 15 is 0 Å². The van der Waals surface area contributed by atoms with Gasteiger partial charge in [0, 0.05) is 12.5 Å². The summed E-state index contributed by atoms with van der Waals surface area (Å²) < 4.78 is 104. The Balaban J connectivity index is 2.62. The van der Waals surface area contributed by atoms with Crippen LogP contribution in [0, 0.1) is 5.92 Å². The van der Waals surface area contributed by atoms with Crippen molar-refractivity contribution in [2.75, 3.05) is 0 Å². The number of hydrogen-bond donors (Lipinski definition) is 1. The number of sulfone groups is 1. The standard InChI is InChI=1S/C19H17F6NO3S/c1-11(2)17(27)26-10-12-6-7-14(19(23,24)25)9-16(12)30(28,29)15-5-3-4-13(8-15)18(20,21)22/h3-9,11H,10H2,1-2H3,(H,26,27). The van der Waals surface area contributed by atoms with Gasteiger partial charge < -0.3 is 5.32 Å². The van der Waals surface area contributed by atoms with Crippen molar-refractivity contribution in [3.63, 3.8) is 0 Å². The summed E-state index contributed by atoms with van der Waals surface area (Å²) >= 11 is 0. The van der Waals surface area contributed by atoms with Gasteiger partial charge in [-0.25, -0.2) is 8.42 Å². The van der Waals surface area contributed by atoms with E-state index < -0.39 is 61.5 Å². The first-order valence-electron chi connectivity index (χ1n) is 8.54. The molecule has 0 atom stereocenters. The smallest absolute Gasteiger partial charge is 0.352 e. The highest BCUT2D eigenvalue weighted by molar-refractivity contribution is 7.91. The Morgan fingerprint density at radius 1 is 0.933 bits per heavy atom. The third-order valence-corrected chi connectivity index (χ3v) is 5.97. The molecule has 0 spiro atoms. The normalized spacial score (nSPS) is 12.8. The first-order valence-corrected chi connectivity index (χ1v) is 10.0. The first-order chi connectivity index (χ1) is 13.6. The summed E-state index contributed by atoms with van der Waals surface area (Å²) in [6.07, 6.45) is -9.72. The largest absolute Gasteiger partial charge is 0.416 e. The van der Waals surface area contributed by atoms with E-state index in [2.05, 4.69) is 5.32 Å². The van der Waals surface area contributed by atoms with Crippen molar-refractivity contribution >= 4 is 15.7 Å². The molecule has 164 valence electrons. The minimum absolute atomic E-state index is 0.186. The van der Waals surface area contributed by atoms with Crippen LogP contribution in [0.5, 0.6) is 0 Å². The molecule has 0 aromatic heterocycles. The summed E-state index contributed by atoms with van der Waals surface area (Å²) in [4.78, 5) is 10.1. The van der Waals surface area contributed by atoms with Crippen molar-refractivity contribution in [2.45, 2.75) is 42.5 Å². The Bertz CT molecular complexity index is 1040. The van der Waals surface area contributed by atoms with Gasteiger partial charge >= 0.3 is 12.4 Å². The van der Waals surface area contributed by atoms with Crippen LogP contribution in [0.1, 0.15) is 30.5 Å². The highest BCUT2D eigenvalue weighted by Gasteiger charge is 2.35. The van der Waals surface area contributed by atoms with E-state index in [1.165, 1.54) is 0 Å². The van der Waals surface area contributed by atoms with Gasteiger partial charge in [0.15, 0.2) is 0 Å². The number of rotatable bonds is 5. The molecular formula is C19H17F6NO3S. The summed E-state index contributed by atoms with van der Waals surface area (Å²) in [6.45, 7) is 2.70. The number of alkyl halides is 6. The molecule has 0 bridgehead atoms. The quantitative estimate of drug-likeness (QED) is 0.660. The molecule has 2 rings (SSSR count). The Hall–Kier alpha value is -2.56. The zero-order valence-electron chi connectivity index (χ0n) is 15.7. The van der Waals surface area contributed by atoms with Crippen LogP contribution >= 0.6 is 0 Å². The monoisotopic (exact) mass is 453 g/mol. The van der Waals surface area contributed by atoms with E-state index in [1.54, 1.807) is 13.8 Å². The Kier molecular flexibility index (Phi) is 6.55. The van der Waals surface area contributed by atoms with Gasteiger partial charge in [-0.05, 0) is 35.9 Å². The van der Waals surface area contributed by atoms with Crippen LogP contribution in [0.3, 0.4) is 0 Å². The molecule has 0 saturated heterocycles. The molecule has 0 fully saturated rings. The maximum atomic E-state index is 13.1. The SMILES string of the molecule is CC(C)C(=O)NCc1ccc(C(F)(F)F)cc1S(=O)(=O)c1cccc(C(F)(F)F)c1. The van der Waals surface area contributed by atoms with Gasteiger partial charge in [-0.1, -0.05) is 26.0 Å². The van der Waals surface area contributed by atoms with Gasteiger partial charge in [0.1, 0.15) is 0 Å². The Morgan fingerprint density at radius 2 is 1.50 bits per heavy atom. The average Bonchev–Trinajstić information content (AvgIpc) is 2.64. The number of carbonyl (C=O) groups is 1. The van der Waals surface area contributed by atoms with Gasteiger partial charge in [-0.3, -0.25) is 4.79 Å². The van der Waals surface area contributed by atoms with Gasteiger partial charge in [-0.15, -0.1) is 0 Å². The van der Waals surface area contributed by atoms with Gasteiger partial charge in [0.2, 0.25) is 15.7 Å². The molecule has 30 heavy (non-hydrogen) atoms. The molecule has 0 saturated carbocycles. The molecule has 0 unspecified atom stereocenters. The maximum Gasteiger partial charge on any atom is 0.416 e. The van der Waals surface area contributed by atoms with Crippen molar-refractivity contribution < 1.29 is 39.6 Å². The predicted octanol–water partition coefficient (Wildman–Crippen LogP) is 4.83. The van der Waals surface area contributed by atoms with Crippen LogP contribution in [-0.2, 0) is 33.5 Å². The molecular weight excluding hydrogens is 436 g/mol. The minimum atomic E-state index is -4.88. The molecule has 11 heteroatoms. The van der Waals surface area contributed by atoms with Gasteiger partial charge in [-0.2, -0.15) is 26.3 Å². The fourth-order valence-electron chi connectivity index (χ4n) is 2.48. The van der Waals surface area contributed by atoms with E-state index in [9.17, 15) is 39.6 Å². The number of amides is 1. The van der Waals surface area contributed by atoms with Crippen molar-refractivity contribution in [3.05, 3.63) is 59.2 Å². The minimum Gasteiger partial charge on any atom is -0.352 e. The van der Waals surface area contributed by atoms with Crippen molar-refractivity contribution in [2.24, 2.45) is 5.92 Å². The molecule has 0 aliphatic rings. The second kappa shape index (κ2) is 8.29. The molecule has 2 aromatic carbocycles. The zero-order valence-corrected chi connectivity index (χ0v) is 16.5. The van der Waals surface area contributed by atoms with E-state index in [0.717, 1.165) is 18.2 Å². The lowest BCUT2D eigenvalue weighted by molar-refractivity contribution is -0.138. The van der Waals surface area contributed by atoms with Crippen LogP contribution in [0.4, 0.5) is 26.3 Å². The first kappa shape index (κ1) is 23.7. The molecule has 0 aliphatic carbocycles. The second-order valence-electron chi connectivity index (χ2n) is 6.72. The summed E-state index contributed by atoms with van der Waals surface area (Å²) in [5, 5.41) is 2.39. The van der Waals surface area contributed by atoms with Crippen molar-refractivity contribution in [3.8, 4) is 0 Å². The fourth-order valence-corrected chi connectivity index (χ4v) is 4.04. The molecule has 1 N–H and O–H groups in total.